The lowest BCUT2D eigenvalue weighted by molar-refractivity contribution is -0.384. The van der Waals surface area contributed by atoms with E-state index in [0.29, 0.717) is 5.69 Å². The molecular weight excluding hydrogens is 334 g/mol. The number of carboxylic acid groups (broad SMARTS) is 1. The summed E-state index contributed by atoms with van der Waals surface area (Å²) in [7, 11) is 0. The SMILES string of the molecule is O=C(O)C1COCCN1C(=O)c1cn(-c2cccc([N+](=O)[O-])c2)nn1. The highest BCUT2D eigenvalue weighted by Crippen LogP contribution is 2.17. The van der Waals surface area contributed by atoms with Crippen molar-refractivity contribution in [2.75, 3.05) is 19.8 Å². The number of aromatic nitrogens is 3. The van der Waals surface area contributed by atoms with Crippen molar-refractivity contribution >= 4 is 17.6 Å². The lowest BCUT2D eigenvalue weighted by Crippen LogP contribution is -2.52. The Labute approximate surface area is 140 Å². The molecule has 1 aromatic carbocycles. The molecule has 1 saturated heterocycles. The van der Waals surface area contributed by atoms with Crippen molar-refractivity contribution in [3.8, 4) is 5.69 Å². The Bertz CT molecular complexity index is 835. The molecule has 0 aliphatic carbocycles. The first-order chi connectivity index (χ1) is 12.0. The van der Waals surface area contributed by atoms with Gasteiger partial charge in [0.2, 0.25) is 0 Å². The van der Waals surface area contributed by atoms with E-state index in [1.54, 1.807) is 6.07 Å². The van der Waals surface area contributed by atoms with Crippen LogP contribution in [0.25, 0.3) is 5.69 Å². The van der Waals surface area contributed by atoms with E-state index in [0.717, 1.165) is 4.90 Å². The molecular formula is C14H13N5O6. The zero-order valence-electron chi connectivity index (χ0n) is 12.8. The second-order valence-electron chi connectivity index (χ2n) is 5.25. The van der Waals surface area contributed by atoms with Crippen molar-refractivity contribution in [3.05, 3.63) is 46.3 Å². The average Bonchev–Trinajstić information content (AvgIpc) is 3.11. The van der Waals surface area contributed by atoms with Crippen LogP contribution < -0.4 is 0 Å². The Kier molecular flexibility index (Phi) is 4.39. The summed E-state index contributed by atoms with van der Waals surface area (Å²) in [5, 5.41) is 27.6. The van der Waals surface area contributed by atoms with Gasteiger partial charge >= 0.3 is 5.97 Å². The molecule has 130 valence electrons. The second kappa shape index (κ2) is 6.65. The molecule has 2 heterocycles. The summed E-state index contributed by atoms with van der Waals surface area (Å²) in [5.74, 6) is -1.76. The van der Waals surface area contributed by atoms with Gasteiger partial charge in [-0.2, -0.15) is 0 Å². The highest BCUT2D eigenvalue weighted by Gasteiger charge is 2.34. The smallest absolute Gasteiger partial charge is 0.328 e. The number of rotatable bonds is 4. The topological polar surface area (TPSA) is 141 Å². The normalized spacial score (nSPS) is 17.3. The van der Waals surface area contributed by atoms with E-state index < -0.39 is 22.8 Å². The molecule has 1 aliphatic heterocycles. The summed E-state index contributed by atoms with van der Waals surface area (Å²) in [6, 6.07) is 4.59. The van der Waals surface area contributed by atoms with Crippen LogP contribution in [0.15, 0.2) is 30.5 Å². The number of hydrogen-bond acceptors (Lipinski definition) is 7. The van der Waals surface area contributed by atoms with Crippen molar-refractivity contribution in [1.29, 1.82) is 0 Å². The van der Waals surface area contributed by atoms with Crippen molar-refractivity contribution < 1.29 is 24.4 Å². The minimum Gasteiger partial charge on any atom is -0.480 e. The molecule has 0 spiro atoms. The van der Waals surface area contributed by atoms with Gasteiger partial charge in [-0.1, -0.05) is 11.3 Å². The molecule has 1 unspecified atom stereocenters. The zero-order valence-corrected chi connectivity index (χ0v) is 12.8. The van der Waals surface area contributed by atoms with Gasteiger partial charge in [0.15, 0.2) is 11.7 Å². The lowest BCUT2D eigenvalue weighted by atomic mass is 10.2. The Morgan fingerprint density at radius 2 is 2.20 bits per heavy atom. The molecule has 1 atom stereocenters. The average molecular weight is 347 g/mol. The maximum absolute atomic E-state index is 12.5. The van der Waals surface area contributed by atoms with E-state index >= 15 is 0 Å². The number of carboxylic acids is 1. The fraction of sp³-hybridized carbons (Fsp3) is 0.286. The van der Waals surface area contributed by atoms with Crippen molar-refractivity contribution in [1.82, 2.24) is 19.9 Å². The van der Waals surface area contributed by atoms with Crippen molar-refractivity contribution in [2.24, 2.45) is 0 Å². The third kappa shape index (κ3) is 3.30. The van der Waals surface area contributed by atoms with Crippen LogP contribution in [0.5, 0.6) is 0 Å². The van der Waals surface area contributed by atoms with E-state index in [2.05, 4.69) is 10.3 Å². The molecule has 3 rings (SSSR count). The molecule has 1 N–H and O–H groups in total. The number of nitro benzene ring substituents is 1. The molecule has 11 heteroatoms. The predicted molar refractivity (Wildman–Crippen MR) is 81.3 cm³/mol. The number of carbonyl (C=O) groups excluding carboxylic acids is 1. The first kappa shape index (κ1) is 16.5. The minimum atomic E-state index is -1.17. The summed E-state index contributed by atoms with van der Waals surface area (Å²) in [6.45, 7) is 0.258. The number of amides is 1. The van der Waals surface area contributed by atoms with E-state index in [-0.39, 0.29) is 31.1 Å². The molecule has 1 aliphatic rings. The molecule has 1 aromatic heterocycles. The molecule has 2 aromatic rings. The highest BCUT2D eigenvalue weighted by atomic mass is 16.6. The lowest BCUT2D eigenvalue weighted by Gasteiger charge is -2.32. The Morgan fingerprint density at radius 3 is 2.92 bits per heavy atom. The summed E-state index contributed by atoms with van der Waals surface area (Å²) >= 11 is 0. The van der Waals surface area contributed by atoms with Gasteiger partial charge in [-0.05, 0) is 6.07 Å². The largest absolute Gasteiger partial charge is 0.480 e. The number of ether oxygens (including phenoxy) is 1. The Hall–Kier alpha value is -3.34. The van der Waals surface area contributed by atoms with Gasteiger partial charge in [0.1, 0.15) is 0 Å². The van der Waals surface area contributed by atoms with Gasteiger partial charge in [0.05, 0.1) is 30.0 Å². The van der Waals surface area contributed by atoms with Gasteiger partial charge in [0, 0.05) is 18.7 Å². The van der Waals surface area contributed by atoms with Gasteiger partial charge < -0.3 is 14.7 Å². The first-order valence-electron chi connectivity index (χ1n) is 7.26. The predicted octanol–water partition coefficient (Wildman–Crippen LogP) is 0.101. The molecule has 11 nitrogen and oxygen atoms in total. The summed E-state index contributed by atoms with van der Waals surface area (Å²) in [6.07, 6.45) is 1.30. The van der Waals surface area contributed by atoms with Crippen LogP contribution >= 0.6 is 0 Å². The maximum atomic E-state index is 12.5. The van der Waals surface area contributed by atoms with E-state index in [1.807, 2.05) is 0 Å². The third-order valence-electron chi connectivity index (χ3n) is 3.69. The number of hydrogen-bond donors (Lipinski definition) is 1. The molecule has 0 radical (unpaired) electrons. The van der Waals surface area contributed by atoms with Gasteiger partial charge in [0.25, 0.3) is 11.6 Å². The van der Waals surface area contributed by atoms with E-state index in [9.17, 15) is 24.8 Å². The number of carbonyl (C=O) groups is 2. The summed E-state index contributed by atoms with van der Waals surface area (Å²) in [4.78, 5) is 35.2. The molecule has 0 saturated carbocycles. The number of benzene rings is 1. The summed E-state index contributed by atoms with van der Waals surface area (Å²) < 4.78 is 6.31. The van der Waals surface area contributed by atoms with Gasteiger partial charge in [-0.25, -0.2) is 9.48 Å². The highest BCUT2D eigenvalue weighted by molar-refractivity contribution is 5.95. The van der Waals surface area contributed by atoms with Gasteiger partial charge in [-0.3, -0.25) is 14.9 Å². The van der Waals surface area contributed by atoms with Crippen molar-refractivity contribution in [2.45, 2.75) is 6.04 Å². The third-order valence-corrected chi connectivity index (χ3v) is 3.69. The van der Waals surface area contributed by atoms with E-state index in [4.69, 9.17) is 4.74 Å². The molecule has 1 fully saturated rings. The minimum absolute atomic E-state index is 0.0559. The van der Waals surface area contributed by atoms with E-state index in [1.165, 1.54) is 29.1 Å². The second-order valence-corrected chi connectivity index (χ2v) is 5.25. The Morgan fingerprint density at radius 1 is 1.40 bits per heavy atom. The number of aliphatic carboxylic acids is 1. The zero-order chi connectivity index (χ0) is 18.0. The van der Waals surface area contributed by atoms with Crippen molar-refractivity contribution in [3.63, 3.8) is 0 Å². The van der Waals surface area contributed by atoms with Crippen LogP contribution in [0.4, 0.5) is 5.69 Å². The first-order valence-corrected chi connectivity index (χ1v) is 7.26. The number of nitro groups is 1. The number of non-ortho nitro benzene ring substituents is 1. The fourth-order valence-electron chi connectivity index (χ4n) is 2.44. The standard InChI is InChI=1S/C14H13N5O6/c20-13(17-4-5-25-8-12(17)14(21)22)11-7-18(16-15-11)9-2-1-3-10(6-9)19(23)24/h1-3,6-7,12H,4-5,8H2,(H,21,22). The Balaban J connectivity index is 1.85. The van der Waals surface area contributed by atoms with Crippen LogP contribution in [0.2, 0.25) is 0 Å². The van der Waals surface area contributed by atoms with Crippen LogP contribution in [-0.4, -0.2) is 67.6 Å². The maximum Gasteiger partial charge on any atom is 0.328 e. The number of nitrogens with zero attached hydrogens (tertiary/aromatic N) is 5. The van der Waals surface area contributed by atoms with Crippen LogP contribution in [0.3, 0.4) is 0 Å². The number of morpholine rings is 1. The van der Waals surface area contributed by atoms with Crippen LogP contribution in [-0.2, 0) is 9.53 Å². The quantitative estimate of drug-likeness (QED) is 0.606. The van der Waals surface area contributed by atoms with Crippen LogP contribution in [0.1, 0.15) is 10.5 Å². The van der Waals surface area contributed by atoms with Crippen LogP contribution in [0, 0.1) is 10.1 Å². The summed E-state index contributed by atoms with van der Waals surface area (Å²) in [5.41, 5.74) is 0.178. The molecule has 25 heavy (non-hydrogen) atoms. The molecule has 1 amide bonds. The molecule has 0 bridgehead atoms. The fourth-order valence-corrected chi connectivity index (χ4v) is 2.44. The van der Waals surface area contributed by atoms with Gasteiger partial charge in [-0.15, -0.1) is 5.10 Å². The monoisotopic (exact) mass is 347 g/mol.